The molecular formula is C20H12ClN5O2S2. The maximum absolute atomic E-state index is 12.9. The number of nitrogens with one attached hydrogen (secondary N) is 1. The first-order chi connectivity index (χ1) is 14.6. The van der Waals surface area contributed by atoms with Crippen molar-refractivity contribution in [2.75, 3.05) is 5.32 Å². The molecule has 0 aliphatic heterocycles. The van der Waals surface area contributed by atoms with Gasteiger partial charge in [0.1, 0.15) is 22.3 Å². The molecule has 0 unspecified atom stereocenters. The first-order valence-electron chi connectivity index (χ1n) is 8.84. The summed E-state index contributed by atoms with van der Waals surface area (Å²) >= 11 is 8.37. The second-order valence-corrected chi connectivity index (χ2v) is 8.51. The zero-order valence-electron chi connectivity index (χ0n) is 15.2. The van der Waals surface area contributed by atoms with Crippen molar-refractivity contribution < 1.29 is 4.79 Å². The topological polar surface area (TPSA) is 89.8 Å². The number of fused-ring (bicyclic) bond motifs is 2. The van der Waals surface area contributed by atoms with E-state index in [1.54, 1.807) is 24.3 Å². The van der Waals surface area contributed by atoms with Crippen LogP contribution in [0.5, 0.6) is 0 Å². The van der Waals surface area contributed by atoms with E-state index in [1.807, 2.05) is 24.3 Å². The quantitative estimate of drug-likeness (QED) is 0.435. The number of hydrogen-bond acceptors (Lipinski definition) is 7. The van der Waals surface area contributed by atoms with Gasteiger partial charge in [0.25, 0.3) is 5.56 Å². The summed E-state index contributed by atoms with van der Waals surface area (Å²) in [4.78, 5) is 30.7. The van der Waals surface area contributed by atoms with E-state index in [1.165, 1.54) is 22.2 Å². The van der Waals surface area contributed by atoms with Crippen LogP contribution in [0.3, 0.4) is 0 Å². The fraction of sp³-hybridized carbons (Fsp3) is 0.0500. The Bertz CT molecular complexity index is 1460. The zero-order chi connectivity index (χ0) is 20.7. The van der Waals surface area contributed by atoms with Crippen molar-refractivity contribution in [3.05, 3.63) is 70.2 Å². The SMILES string of the molecule is O=C(Cn1cnc2cc(-c3ccc(Cl)cc3)sc2c1=O)Nc1cccc2nsnc12. The second-order valence-electron chi connectivity index (χ2n) is 6.50. The van der Waals surface area contributed by atoms with E-state index in [9.17, 15) is 9.59 Å². The van der Waals surface area contributed by atoms with Crippen molar-refractivity contribution in [3.63, 3.8) is 0 Å². The third kappa shape index (κ3) is 3.47. The number of aromatic nitrogens is 4. The lowest BCUT2D eigenvalue weighted by atomic mass is 10.2. The van der Waals surface area contributed by atoms with E-state index in [-0.39, 0.29) is 18.0 Å². The minimum absolute atomic E-state index is 0.149. The number of rotatable bonds is 4. The number of nitrogens with zero attached hydrogens (tertiary/aromatic N) is 4. The summed E-state index contributed by atoms with van der Waals surface area (Å²) < 4.78 is 10.2. The summed E-state index contributed by atoms with van der Waals surface area (Å²) in [5.74, 6) is -0.340. The van der Waals surface area contributed by atoms with Gasteiger partial charge in [-0.15, -0.1) is 11.3 Å². The molecule has 0 spiro atoms. The van der Waals surface area contributed by atoms with Gasteiger partial charge in [0, 0.05) is 9.90 Å². The van der Waals surface area contributed by atoms with Gasteiger partial charge < -0.3 is 5.32 Å². The Hall–Kier alpha value is -3.14. The standard InChI is InChI=1S/C20H12ClN5O2S2/c21-12-6-4-11(5-7-12)16-8-15-19(29-16)20(28)26(10-22-15)9-17(27)23-13-2-1-3-14-18(13)25-30-24-14/h1-8,10H,9H2,(H,23,27). The van der Waals surface area contributed by atoms with Crippen LogP contribution in [-0.2, 0) is 11.3 Å². The summed E-state index contributed by atoms with van der Waals surface area (Å²) in [6.07, 6.45) is 1.40. The molecule has 1 amide bonds. The molecule has 2 aromatic carbocycles. The monoisotopic (exact) mass is 453 g/mol. The molecule has 0 saturated heterocycles. The Kier molecular flexibility index (Phi) is 4.78. The lowest BCUT2D eigenvalue weighted by molar-refractivity contribution is -0.116. The third-order valence-electron chi connectivity index (χ3n) is 4.51. The minimum Gasteiger partial charge on any atom is -0.323 e. The molecule has 3 aromatic heterocycles. The zero-order valence-corrected chi connectivity index (χ0v) is 17.6. The number of benzene rings is 2. The van der Waals surface area contributed by atoms with Gasteiger partial charge in [0.15, 0.2) is 0 Å². The Morgan fingerprint density at radius 3 is 2.77 bits per heavy atom. The van der Waals surface area contributed by atoms with Crippen LogP contribution in [0, 0.1) is 0 Å². The Morgan fingerprint density at radius 1 is 1.10 bits per heavy atom. The molecular weight excluding hydrogens is 442 g/mol. The maximum Gasteiger partial charge on any atom is 0.271 e. The Balaban J connectivity index is 1.42. The second kappa shape index (κ2) is 7.60. The summed E-state index contributed by atoms with van der Waals surface area (Å²) in [6.45, 7) is -0.149. The molecule has 0 saturated carbocycles. The number of anilines is 1. The van der Waals surface area contributed by atoms with Crippen LogP contribution in [0.25, 0.3) is 31.7 Å². The molecule has 0 fully saturated rings. The number of thiophene rings is 1. The van der Waals surface area contributed by atoms with Crippen LogP contribution in [0.15, 0.2) is 59.7 Å². The molecule has 5 aromatic rings. The van der Waals surface area contributed by atoms with E-state index in [4.69, 9.17) is 11.6 Å². The highest BCUT2D eigenvalue weighted by molar-refractivity contribution is 7.22. The van der Waals surface area contributed by atoms with Gasteiger partial charge in [0.2, 0.25) is 5.91 Å². The van der Waals surface area contributed by atoms with Gasteiger partial charge in [-0.2, -0.15) is 8.75 Å². The molecule has 10 heteroatoms. The summed E-state index contributed by atoms with van der Waals surface area (Å²) in [6, 6.07) is 14.6. The number of carbonyl (C=O) groups excluding carboxylic acids is 1. The maximum atomic E-state index is 12.9. The molecule has 0 aliphatic carbocycles. The highest BCUT2D eigenvalue weighted by Gasteiger charge is 2.14. The smallest absolute Gasteiger partial charge is 0.271 e. The molecule has 0 bridgehead atoms. The highest BCUT2D eigenvalue weighted by atomic mass is 35.5. The minimum atomic E-state index is -0.340. The first-order valence-corrected chi connectivity index (χ1v) is 10.8. The summed E-state index contributed by atoms with van der Waals surface area (Å²) in [5.41, 5.74) is 3.21. The van der Waals surface area contributed by atoms with Crippen molar-refractivity contribution in [3.8, 4) is 10.4 Å². The average molecular weight is 454 g/mol. The van der Waals surface area contributed by atoms with Crippen molar-refractivity contribution in [1.29, 1.82) is 0 Å². The van der Waals surface area contributed by atoms with Gasteiger partial charge in [-0.05, 0) is 35.9 Å². The van der Waals surface area contributed by atoms with Gasteiger partial charge >= 0.3 is 0 Å². The van der Waals surface area contributed by atoms with Crippen molar-refractivity contribution >= 4 is 67.5 Å². The van der Waals surface area contributed by atoms with Crippen molar-refractivity contribution in [2.24, 2.45) is 0 Å². The fourth-order valence-corrected chi connectivity index (χ4v) is 4.81. The average Bonchev–Trinajstić information content (AvgIpc) is 3.39. The van der Waals surface area contributed by atoms with Gasteiger partial charge in [-0.25, -0.2) is 4.98 Å². The molecule has 0 atom stereocenters. The molecule has 1 N–H and O–H groups in total. The first kappa shape index (κ1) is 18.9. The molecule has 7 nitrogen and oxygen atoms in total. The van der Waals surface area contributed by atoms with Crippen LogP contribution >= 0.6 is 34.7 Å². The van der Waals surface area contributed by atoms with Gasteiger partial charge in [-0.1, -0.05) is 29.8 Å². The third-order valence-corrected chi connectivity index (χ3v) is 6.46. The Morgan fingerprint density at radius 2 is 1.93 bits per heavy atom. The van der Waals surface area contributed by atoms with Crippen molar-refractivity contribution in [2.45, 2.75) is 6.54 Å². The molecule has 30 heavy (non-hydrogen) atoms. The molecule has 148 valence electrons. The van der Waals surface area contributed by atoms with E-state index in [0.29, 0.717) is 32.0 Å². The van der Waals surface area contributed by atoms with Crippen LogP contribution in [0.2, 0.25) is 5.02 Å². The van der Waals surface area contributed by atoms with E-state index >= 15 is 0 Å². The van der Waals surface area contributed by atoms with E-state index in [0.717, 1.165) is 22.2 Å². The molecule has 5 rings (SSSR count). The summed E-state index contributed by atoms with van der Waals surface area (Å²) in [7, 11) is 0. The van der Waals surface area contributed by atoms with Crippen LogP contribution < -0.4 is 10.9 Å². The molecule has 0 aliphatic rings. The predicted molar refractivity (Wildman–Crippen MR) is 120 cm³/mol. The largest absolute Gasteiger partial charge is 0.323 e. The number of amides is 1. The van der Waals surface area contributed by atoms with Crippen LogP contribution in [0.4, 0.5) is 5.69 Å². The predicted octanol–water partition coefficient (Wildman–Crippen LogP) is 4.42. The van der Waals surface area contributed by atoms with E-state index < -0.39 is 0 Å². The molecule has 3 heterocycles. The number of carbonyl (C=O) groups is 1. The van der Waals surface area contributed by atoms with Gasteiger partial charge in [-0.3, -0.25) is 14.2 Å². The normalized spacial score (nSPS) is 11.2. The Labute approximate surface area is 182 Å². The fourth-order valence-electron chi connectivity index (χ4n) is 3.07. The lowest BCUT2D eigenvalue weighted by Crippen LogP contribution is -2.27. The molecule has 0 radical (unpaired) electrons. The highest BCUT2D eigenvalue weighted by Crippen LogP contribution is 2.31. The van der Waals surface area contributed by atoms with E-state index in [2.05, 4.69) is 19.0 Å². The number of hydrogen-bond donors (Lipinski definition) is 1. The lowest BCUT2D eigenvalue weighted by Gasteiger charge is -2.07. The van der Waals surface area contributed by atoms with Crippen LogP contribution in [0.1, 0.15) is 0 Å². The van der Waals surface area contributed by atoms with Crippen molar-refractivity contribution in [1.82, 2.24) is 18.3 Å². The summed E-state index contributed by atoms with van der Waals surface area (Å²) in [5, 5.41) is 3.45. The van der Waals surface area contributed by atoms with Crippen LogP contribution in [-0.4, -0.2) is 24.2 Å². The number of halogens is 1. The van der Waals surface area contributed by atoms with Gasteiger partial charge in [0.05, 0.1) is 29.3 Å².